The molecule has 0 heterocycles. The van der Waals surface area contributed by atoms with Crippen LogP contribution >= 0.6 is 0 Å². The number of benzene rings is 1. The van der Waals surface area contributed by atoms with Crippen molar-refractivity contribution in [1.29, 1.82) is 0 Å². The Bertz CT molecular complexity index is 332. The minimum Gasteiger partial charge on any atom is -0.376 e. The van der Waals surface area contributed by atoms with Crippen molar-refractivity contribution in [3.05, 3.63) is 30.1 Å². The summed E-state index contributed by atoms with van der Waals surface area (Å²) in [6.07, 6.45) is 4.44. The summed E-state index contributed by atoms with van der Waals surface area (Å²) in [7, 11) is 0. The zero-order valence-electron chi connectivity index (χ0n) is 8.80. The van der Waals surface area contributed by atoms with Gasteiger partial charge in [0.2, 0.25) is 0 Å². The summed E-state index contributed by atoms with van der Waals surface area (Å²) in [6.45, 7) is 0.571. The molecule has 0 bridgehead atoms. The number of rotatable bonds is 3. The second-order valence-corrected chi connectivity index (χ2v) is 4.30. The number of halogens is 1. The fraction of sp³-hybridized carbons (Fsp3) is 0.500. The Balaban J connectivity index is 2.16. The van der Waals surface area contributed by atoms with Crippen LogP contribution in [0.3, 0.4) is 0 Å². The molecule has 3 heteroatoms. The van der Waals surface area contributed by atoms with E-state index in [4.69, 9.17) is 5.73 Å². The number of nitrogens with one attached hydrogen (secondary N) is 1. The van der Waals surface area contributed by atoms with E-state index >= 15 is 0 Å². The molecule has 0 aromatic heterocycles. The molecule has 15 heavy (non-hydrogen) atoms. The fourth-order valence-electron chi connectivity index (χ4n) is 2.28. The van der Waals surface area contributed by atoms with E-state index in [0.29, 0.717) is 12.2 Å². The minimum absolute atomic E-state index is 0.0812. The van der Waals surface area contributed by atoms with Gasteiger partial charge in [0.15, 0.2) is 0 Å². The van der Waals surface area contributed by atoms with Gasteiger partial charge in [-0.05, 0) is 25.0 Å². The van der Waals surface area contributed by atoms with E-state index in [2.05, 4.69) is 5.32 Å². The van der Waals surface area contributed by atoms with E-state index < -0.39 is 0 Å². The van der Waals surface area contributed by atoms with Crippen molar-refractivity contribution >= 4 is 5.69 Å². The molecule has 1 aliphatic carbocycles. The van der Waals surface area contributed by atoms with Gasteiger partial charge in [0, 0.05) is 12.1 Å². The second-order valence-electron chi connectivity index (χ2n) is 4.30. The van der Waals surface area contributed by atoms with E-state index in [-0.39, 0.29) is 11.4 Å². The maximum atomic E-state index is 13.4. The summed E-state index contributed by atoms with van der Waals surface area (Å²) in [5.41, 5.74) is 6.27. The minimum atomic E-state index is -0.197. The standard InChI is InChI=1S/C12H17FN2/c13-10-5-1-2-6-11(10)15-12(9-14)7-3-4-8-12/h1-2,5-6,15H,3-4,7-9,14H2. The third kappa shape index (κ3) is 2.12. The molecule has 1 aliphatic rings. The predicted molar refractivity (Wildman–Crippen MR) is 60.3 cm³/mol. The highest BCUT2D eigenvalue weighted by Gasteiger charge is 2.32. The van der Waals surface area contributed by atoms with Crippen LogP contribution in [0.25, 0.3) is 0 Å². The van der Waals surface area contributed by atoms with Crippen molar-refractivity contribution in [3.63, 3.8) is 0 Å². The molecule has 0 aliphatic heterocycles. The van der Waals surface area contributed by atoms with Crippen LogP contribution in [-0.2, 0) is 0 Å². The van der Waals surface area contributed by atoms with Gasteiger partial charge in [0.1, 0.15) is 5.82 Å². The van der Waals surface area contributed by atoms with Crippen LogP contribution in [0, 0.1) is 5.82 Å². The number of nitrogens with two attached hydrogens (primary N) is 1. The SMILES string of the molecule is NCC1(Nc2ccccc2F)CCCC1. The van der Waals surface area contributed by atoms with Gasteiger partial charge < -0.3 is 11.1 Å². The van der Waals surface area contributed by atoms with Gasteiger partial charge in [0.25, 0.3) is 0 Å². The van der Waals surface area contributed by atoms with Gasteiger partial charge in [-0.15, -0.1) is 0 Å². The zero-order valence-corrected chi connectivity index (χ0v) is 8.80. The van der Waals surface area contributed by atoms with Gasteiger partial charge in [-0.1, -0.05) is 25.0 Å². The van der Waals surface area contributed by atoms with Crippen molar-refractivity contribution in [1.82, 2.24) is 0 Å². The van der Waals surface area contributed by atoms with E-state index in [0.717, 1.165) is 12.8 Å². The first-order valence-electron chi connectivity index (χ1n) is 5.49. The smallest absolute Gasteiger partial charge is 0.146 e. The first-order chi connectivity index (χ1) is 7.26. The van der Waals surface area contributed by atoms with Crippen LogP contribution in [0.2, 0.25) is 0 Å². The van der Waals surface area contributed by atoms with Crippen LogP contribution in [0.1, 0.15) is 25.7 Å². The molecule has 1 fully saturated rings. The quantitative estimate of drug-likeness (QED) is 0.801. The van der Waals surface area contributed by atoms with Crippen LogP contribution < -0.4 is 11.1 Å². The van der Waals surface area contributed by atoms with E-state index in [1.807, 2.05) is 6.07 Å². The summed E-state index contributed by atoms with van der Waals surface area (Å²) in [5.74, 6) is -0.197. The van der Waals surface area contributed by atoms with Crippen LogP contribution in [0.5, 0.6) is 0 Å². The largest absolute Gasteiger partial charge is 0.376 e. The Labute approximate surface area is 89.7 Å². The Kier molecular flexibility index (Phi) is 2.91. The molecular formula is C12H17FN2. The molecule has 0 spiro atoms. The second kappa shape index (κ2) is 4.19. The number of para-hydroxylation sites is 1. The molecule has 1 saturated carbocycles. The normalized spacial score (nSPS) is 19.1. The van der Waals surface area contributed by atoms with Gasteiger partial charge >= 0.3 is 0 Å². The lowest BCUT2D eigenvalue weighted by molar-refractivity contribution is 0.488. The summed E-state index contributed by atoms with van der Waals surface area (Å²) in [6, 6.07) is 6.78. The average Bonchev–Trinajstić information content (AvgIpc) is 2.71. The zero-order chi connectivity index (χ0) is 10.7. The molecule has 0 radical (unpaired) electrons. The van der Waals surface area contributed by atoms with Crippen LogP contribution in [0.4, 0.5) is 10.1 Å². The lowest BCUT2D eigenvalue weighted by Gasteiger charge is -2.30. The Morgan fingerprint density at radius 1 is 1.27 bits per heavy atom. The van der Waals surface area contributed by atoms with Crippen molar-refractivity contribution in [2.75, 3.05) is 11.9 Å². The Morgan fingerprint density at radius 3 is 2.53 bits per heavy atom. The van der Waals surface area contributed by atoms with Crippen LogP contribution in [-0.4, -0.2) is 12.1 Å². The maximum absolute atomic E-state index is 13.4. The van der Waals surface area contributed by atoms with Gasteiger partial charge in [-0.25, -0.2) is 4.39 Å². The van der Waals surface area contributed by atoms with Crippen molar-refractivity contribution < 1.29 is 4.39 Å². The van der Waals surface area contributed by atoms with Crippen molar-refractivity contribution in [3.8, 4) is 0 Å². The average molecular weight is 208 g/mol. The summed E-state index contributed by atoms with van der Waals surface area (Å²) in [4.78, 5) is 0. The fourth-order valence-corrected chi connectivity index (χ4v) is 2.28. The van der Waals surface area contributed by atoms with Crippen molar-refractivity contribution in [2.45, 2.75) is 31.2 Å². The van der Waals surface area contributed by atoms with Gasteiger partial charge in [0.05, 0.1) is 5.69 Å². The third-order valence-corrected chi connectivity index (χ3v) is 3.23. The van der Waals surface area contributed by atoms with Gasteiger partial charge in [-0.3, -0.25) is 0 Å². The molecule has 0 unspecified atom stereocenters. The van der Waals surface area contributed by atoms with Gasteiger partial charge in [-0.2, -0.15) is 0 Å². The lowest BCUT2D eigenvalue weighted by atomic mass is 9.97. The van der Waals surface area contributed by atoms with Crippen molar-refractivity contribution in [2.24, 2.45) is 5.73 Å². The molecule has 1 aromatic carbocycles. The summed E-state index contributed by atoms with van der Waals surface area (Å²) in [5, 5.41) is 3.27. The Morgan fingerprint density at radius 2 is 1.93 bits per heavy atom. The topological polar surface area (TPSA) is 38.0 Å². The first-order valence-corrected chi connectivity index (χ1v) is 5.49. The monoisotopic (exact) mass is 208 g/mol. The van der Waals surface area contributed by atoms with E-state index in [1.54, 1.807) is 12.1 Å². The highest BCUT2D eigenvalue weighted by atomic mass is 19.1. The van der Waals surface area contributed by atoms with Crippen LogP contribution in [0.15, 0.2) is 24.3 Å². The Hall–Kier alpha value is -1.09. The third-order valence-electron chi connectivity index (χ3n) is 3.23. The molecule has 2 rings (SSSR count). The van der Waals surface area contributed by atoms with E-state index in [9.17, 15) is 4.39 Å². The molecule has 82 valence electrons. The highest BCUT2D eigenvalue weighted by molar-refractivity contribution is 5.47. The molecule has 0 amide bonds. The maximum Gasteiger partial charge on any atom is 0.146 e. The molecule has 0 atom stereocenters. The molecule has 2 nitrogen and oxygen atoms in total. The highest BCUT2D eigenvalue weighted by Crippen LogP contribution is 2.32. The molecular weight excluding hydrogens is 191 g/mol. The lowest BCUT2D eigenvalue weighted by Crippen LogP contribution is -2.43. The molecule has 3 N–H and O–H groups in total. The summed E-state index contributed by atoms with van der Waals surface area (Å²) >= 11 is 0. The summed E-state index contributed by atoms with van der Waals surface area (Å²) < 4.78 is 13.4. The number of hydrogen-bond donors (Lipinski definition) is 2. The predicted octanol–water partition coefficient (Wildman–Crippen LogP) is 2.51. The molecule has 1 aromatic rings. The number of anilines is 1. The number of hydrogen-bond acceptors (Lipinski definition) is 2. The van der Waals surface area contributed by atoms with E-state index in [1.165, 1.54) is 18.9 Å². The molecule has 0 saturated heterocycles. The first kappa shape index (κ1) is 10.4.